The lowest BCUT2D eigenvalue weighted by Crippen LogP contribution is -2.09. The number of para-hydroxylation sites is 2. The largest absolute Gasteiger partial charge is 0.311 e. The van der Waals surface area contributed by atoms with Gasteiger partial charge in [-0.2, -0.15) is 0 Å². The third-order valence-corrected chi connectivity index (χ3v) is 4.17. The summed E-state index contributed by atoms with van der Waals surface area (Å²) in [4.78, 5) is 6.35. The molecule has 2 heteroatoms. The molecular weight excluding hydrogens is 304 g/mol. The van der Waals surface area contributed by atoms with Gasteiger partial charge >= 0.3 is 0 Å². The summed E-state index contributed by atoms with van der Waals surface area (Å²) in [7, 11) is 0. The zero-order valence-corrected chi connectivity index (χ0v) is 13.8. The SMILES string of the molecule is c1ccc(N(c2ccccc2)c2ccc(-c3ccncc3)cc2)cc1. The van der Waals surface area contributed by atoms with Crippen LogP contribution in [-0.4, -0.2) is 4.98 Å². The van der Waals surface area contributed by atoms with Gasteiger partial charge in [0, 0.05) is 29.5 Å². The fraction of sp³-hybridized carbons (Fsp3) is 0. The molecule has 0 aliphatic carbocycles. The lowest BCUT2D eigenvalue weighted by molar-refractivity contribution is 1.28. The fourth-order valence-electron chi connectivity index (χ4n) is 2.95. The number of anilines is 3. The van der Waals surface area contributed by atoms with Crippen LogP contribution in [0.25, 0.3) is 11.1 Å². The van der Waals surface area contributed by atoms with Gasteiger partial charge in [-0.3, -0.25) is 4.98 Å². The molecule has 0 saturated heterocycles. The molecule has 4 aromatic rings. The van der Waals surface area contributed by atoms with Crippen LogP contribution in [0.4, 0.5) is 17.1 Å². The van der Waals surface area contributed by atoms with E-state index in [9.17, 15) is 0 Å². The molecule has 0 unspecified atom stereocenters. The van der Waals surface area contributed by atoms with Crippen molar-refractivity contribution in [2.75, 3.05) is 4.90 Å². The monoisotopic (exact) mass is 322 g/mol. The molecule has 3 aromatic carbocycles. The molecule has 25 heavy (non-hydrogen) atoms. The minimum absolute atomic E-state index is 1.13. The van der Waals surface area contributed by atoms with E-state index >= 15 is 0 Å². The van der Waals surface area contributed by atoms with Crippen molar-refractivity contribution in [3.05, 3.63) is 109 Å². The van der Waals surface area contributed by atoms with Crippen LogP contribution in [-0.2, 0) is 0 Å². The van der Waals surface area contributed by atoms with Crippen LogP contribution in [0, 0.1) is 0 Å². The topological polar surface area (TPSA) is 16.1 Å². The highest BCUT2D eigenvalue weighted by atomic mass is 15.1. The van der Waals surface area contributed by atoms with Gasteiger partial charge in [0.15, 0.2) is 0 Å². The Kier molecular flexibility index (Phi) is 4.25. The second kappa shape index (κ2) is 7.02. The van der Waals surface area contributed by atoms with Crippen molar-refractivity contribution in [2.24, 2.45) is 0 Å². The predicted molar refractivity (Wildman–Crippen MR) is 104 cm³/mol. The minimum Gasteiger partial charge on any atom is -0.311 e. The van der Waals surface area contributed by atoms with Gasteiger partial charge in [0.2, 0.25) is 0 Å². The Hall–Kier alpha value is -3.39. The normalized spacial score (nSPS) is 10.4. The van der Waals surface area contributed by atoms with Gasteiger partial charge in [-0.25, -0.2) is 0 Å². The van der Waals surface area contributed by atoms with E-state index in [0.717, 1.165) is 17.1 Å². The third-order valence-electron chi connectivity index (χ3n) is 4.17. The Morgan fingerprint density at radius 1 is 0.440 bits per heavy atom. The smallest absolute Gasteiger partial charge is 0.0462 e. The highest BCUT2D eigenvalue weighted by Crippen LogP contribution is 2.35. The Balaban J connectivity index is 1.75. The molecular formula is C23H18N2. The first-order valence-electron chi connectivity index (χ1n) is 8.32. The average molecular weight is 322 g/mol. The standard InChI is InChI=1S/C23H18N2/c1-3-7-21(8-4-1)25(22-9-5-2-6-10-22)23-13-11-19(12-14-23)20-15-17-24-18-16-20/h1-18H. The first-order chi connectivity index (χ1) is 12.4. The van der Waals surface area contributed by atoms with Crippen molar-refractivity contribution < 1.29 is 0 Å². The second-order valence-corrected chi connectivity index (χ2v) is 5.79. The lowest BCUT2D eigenvalue weighted by Gasteiger charge is -2.25. The van der Waals surface area contributed by atoms with E-state index in [-0.39, 0.29) is 0 Å². The highest BCUT2D eigenvalue weighted by Gasteiger charge is 2.11. The van der Waals surface area contributed by atoms with Crippen molar-refractivity contribution in [1.29, 1.82) is 0 Å². The third kappa shape index (κ3) is 3.29. The van der Waals surface area contributed by atoms with Crippen molar-refractivity contribution in [2.45, 2.75) is 0 Å². The zero-order valence-electron chi connectivity index (χ0n) is 13.8. The number of pyridine rings is 1. The molecule has 2 nitrogen and oxygen atoms in total. The molecule has 0 atom stereocenters. The van der Waals surface area contributed by atoms with Gasteiger partial charge in [-0.15, -0.1) is 0 Å². The summed E-state index contributed by atoms with van der Waals surface area (Å²) >= 11 is 0. The zero-order chi connectivity index (χ0) is 16.9. The number of hydrogen-bond acceptors (Lipinski definition) is 2. The van der Waals surface area contributed by atoms with Gasteiger partial charge in [-0.05, 0) is 59.7 Å². The molecule has 0 radical (unpaired) electrons. The van der Waals surface area contributed by atoms with Crippen molar-refractivity contribution in [3.63, 3.8) is 0 Å². The summed E-state index contributed by atoms with van der Waals surface area (Å²) in [6.07, 6.45) is 3.65. The molecule has 0 N–H and O–H groups in total. The summed E-state index contributed by atoms with van der Waals surface area (Å²) in [6.45, 7) is 0. The van der Waals surface area contributed by atoms with Crippen LogP contribution in [0.15, 0.2) is 109 Å². The van der Waals surface area contributed by atoms with Crippen LogP contribution in [0.5, 0.6) is 0 Å². The van der Waals surface area contributed by atoms with Crippen molar-refractivity contribution in [3.8, 4) is 11.1 Å². The minimum atomic E-state index is 1.13. The van der Waals surface area contributed by atoms with E-state index < -0.39 is 0 Å². The van der Waals surface area contributed by atoms with Crippen molar-refractivity contribution in [1.82, 2.24) is 4.98 Å². The quantitative estimate of drug-likeness (QED) is 0.443. The number of nitrogens with zero attached hydrogens (tertiary/aromatic N) is 2. The molecule has 1 aromatic heterocycles. The van der Waals surface area contributed by atoms with E-state index in [1.165, 1.54) is 11.1 Å². The second-order valence-electron chi connectivity index (χ2n) is 5.79. The Morgan fingerprint density at radius 2 is 0.880 bits per heavy atom. The molecule has 4 rings (SSSR count). The summed E-state index contributed by atoms with van der Waals surface area (Å²) in [5.74, 6) is 0. The summed E-state index contributed by atoms with van der Waals surface area (Å²) in [6, 6.07) is 33.6. The molecule has 0 fully saturated rings. The van der Waals surface area contributed by atoms with Crippen LogP contribution in [0.3, 0.4) is 0 Å². The molecule has 0 spiro atoms. The van der Waals surface area contributed by atoms with E-state index in [4.69, 9.17) is 0 Å². The Bertz CT molecular complexity index is 878. The molecule has 0 bridgehead atoms. The number of rotatable bonds is 4. The summed E-state index contributed by atoms with van der Waals surface area (Å²) in [5, 5.41) is 0. The maximum Gasteiger partial charge on any atom is 0.0462 e. The van der Waals surface area contributed by atoms with Crippen LogP contribution < -0.4 is 4.90 Å². The van der Waals surface area contributed by atoms with E-state index in [1.54, 1.807) is 0 Å². The Labute approximate surface area is 148 Å². The molecule has 0 saturated carbocycles. The first kappa shape index (κ1) is 15.2. The maximum absolute atomic E-state index is 4.09. The fourth-order valence-corrected chi connectivity index (χ4v) is 2.95. The summed E-state index contributed by atoms with van der Waals surface area (Å²) in [5.41, 5.74) is 5.78. The highest BCUT2D eigenvalue weighted by molar-refractivity contribution is 5.78. The Morgan fingerprint density at radius 3 is 1.40 bits per heavy atom. The first-order valence-corrected chi connectivity index (χ1v) is 8.32. The van der Waals surface area contributed by atoms with Crippen molar-refractivity contribution >= 4 is 17.1 Å². The van der Waals surface area contributed by atoms with Crippen LogP contribution in [0.1, 0.15) is 0 Å². The van der Waals surface area contributed by atoms with E-state index in [0.29, 0.717) is 0 Å². The average Bonchev–Trinajstić information content (AvgIpc) is 2.71. The molecule has 0 aliphatic heterocycles. The number of hydrogen-bond donors (Lipinski definition) is 0. The van der Waals surface area contributed by atoms with Gasteiger partial charge in [0.05, 0.1) is 0 Å². The maximum atomic E-state index is 4.09. The number of aromatic nitrogens is 1. The van der Waals surface area contributed by atoms with Gasteiger partial charge in [-0.1, -0.05) is 48.5 Å². The predicted octanol–water partition coefficient (Wildman–Crippen LogP) is 6.22. The van der Waals surface area contributed by atoms with Gasteiger partial charge in [0.1, 0.15) is 0 Å². The van der Waals surface area contributed by atoms with Crippen LogP contribution >= 0.6 is 0 Å². The van der Waals surface area contributed by atoms with Crippen LogP contribution in [0.2, 0.25) is 0 Å². The molecule has 0 amide bonds. The van der Waals surface area contributed by atoms with E-state index in [1.807, 2.05) is 36.7 Å². The number of benzene rings is 3. The van der Waals surface area contributed by atoms with E-state index in [2.05, 4.69) is 82.7 Å². The molecule has 120 valence electrons. The molecule has 0 aliphatic rings. The molecule has 1 heterocycles. The summed E-state index contributed by atoms with van der Waals surface area (Å²) < 4.78 is 0. The van der Waals surface area contributed by atoms with Gasteiger partial charge in [0.25, 0.3) is 0 Å². The van der Waals surface area contributed by atoms with Gasteiger partial charge < -0.3 is 4.90 Å². The lowest BCUT2D eigenvalue weighted by atomic mass is 10.1.